The van der Waals surface area contributed by atoms with Crippen molar-refractivity contribution in [1.82, 2.24) is 0 Å². The number of nitro benzene ring substituents is 1. The summed E-state index contributed by atoms with van der Waals surface area (Å²) in [5, 5.41) is 9.89. The summed E-state index contributed by atoms with van der Waals surface area (Å²) in [6.07, 6.45) is -5.02. The van der Waals surface area contributed by atoms with Gasteiger partial charge < -0.3 is 4.74 Å². The molecular weight excluding hydrogens is 239 g/mol. The number of benzene rings is 1. The van der Waals surface area contributed by atoms with Crippen molar-refractivity contribution in [3.63, 3.8) is 0 Å². The maximum Gasteiger partial charge on any atom is 0.573 e. The maximum absolute atomic E-state index is 11.9. The molecule has 0 saturated heterocycles. The molecule has 1 aromatic rings. The third-order valence-corrected chi connectivity index (χ3v) is 1.66. The summed E-state index contributed by atoms with van der Waals surface area (Å²) in [5.74, 6) is -1.00. The number of nitro groups is 1. The molecule has 0 atom stereocenters. The van der Waals surface area contributed by atoms with E-state index in [4.69, 9.17) is 11.6 Å². The van der Waals surface area contributed by atoms with Crippen molar-refractivity contribution in [2.75, 3.05) is 0 Å². The second-order valence-corrected chi connectivity index (χ2v) is 2.80. The average molecular weight is 242 g/mol. The van der Waals surface area contributed by atoms with Crippen LogP contribution in [0.15, 0.2) is 18.2 Å². The smallest absolute Gasteiger partial charge is 0.397 e. The van der Waals surface area contributed by atoms with Crippen LogP contribution in [0.5, 0.6) is 5.75 Å². The molecule has 0 amide bonds. The van der Waals surface area contributed by atoms with Crippen LogP contribution in [-0.2, 0) is 0 Å². The molecule has 4 nitrogen and oxygen atoms in total. The van der Waals surface area contributed by atoms with E-state index in [1.807, 2.05) is 0 Å². The van der Waals surface area contributed by atoms with Crippen molar-refractivity contribution in [3.05, 3.63) is 33.3 Å². The zero-order chi connectivity index (χ0) is 11.6. The number of hydrogen-bond donors (Lipinski definition) is 0. The third kappa shape index (κ3) is 2.98. The first-order valence-electron chi connectivity index (χ1n) is 3.50. The minimum atomic E-state index is -5.02. The molecule has 0 heterocycles. The third-order valence-electron chi connectivity index (χ3n) is 1.36. The average Bonchev–Trinajstić information content (AvgIpc) is 2.05. The van der Waals surface area contributed by atoms with Gasteiger partial charge in [-0.15, -0.1) is 13.2 Å². The van der Waals surface area contributed by atoms with Gasteiger partial charge in [-0.05, 0) is 6.07 Å². The Morgan fingerprint density at radius 1 is 1.40 bits per heavy atom. The number of halogens is 4. The van der Waals surface area contributed by atoms with E-state index in [1.54, 1.807) is 0 Å². The first kappa shape index (κ1) is 11.6. The molecule has 0 spiro atoms. The zero-order valence-corrected chi connectivity index (χ0v) is 7.67. The van der Waals surface area contributed by atoms with Gasteiger partial charge in [0.2, 0.25) is 5.75 Å². The lowest BCUT2D eigenvalue weighted by molar-refractivity contribution is -0.388. The van der Waals surface area contributed by atoms with Gasteiger partial charge in [-0.1, -0.05) is 17.7 Å². The summed E-state index contributed by atoms with van der Waals surface area (Å²) >= 11 is 5.35. The number of alkyl halides is 3. The molecule has 1 aromatic carbocycles. The van der Waals surface area contributed by atoms with E-state index in [9.17, 15) is 23.3 Å². The number of rotatable bonds is 2. The molecule has 0 N–H and O–H groups in total. The Morgan fingerprint density at radius 2 is 2.00 bits per heavy atom. The molecule has 0 bridgehead atoms. The predicted octanol–water partition coefficient (Wildman–Crippen LogP) is 3.15. The number of nitrogens with zero attached hydrogens (tertiary/aromatic N) is 1. The van der Waals surface area contributed by atoms with Crippen molar-refractivity contribution < 1.29 is 22.8 Å². The van der Waals surface area contributed by atoms with E-state index in [1.165, 1.54) is 0 Å². The topological polar surface area (TPSA) is 52.4 Å². The van der Waals surface area contributed by atoms with Crippen LogP contribution in [0.3, 0.4) is 0 Å². The van der Waals surface area contributed by atoms with Crippen molar-refractivity contribution in [3.8, 4) is 5.75 Å². The summed E-state index contributed by atoms with van der Waals surface area (Å²) in [6, 6.07) is 3.09. The van der Waals surface area contributed by atoms with E-state index < -0.39 is 27.7 Å². The molecule has 82 valence electrons. The highest BCUT2D eigenvalue weighted by Gasteiger charge is 2.35. The van der Waals surface area contributed by atoms with Gasteiger partial charge in [0, 0.05) is 6.07 Å². The Balaban J connectivity index is 3.19. The van der Waals surface area contributed by atoms with Crippen molar-refractivity contribution >= 4 is 17.3 Å². The molecular formula is C7H3ClF3NO3. The molecule has 0 saturated carbocycles. The molecule has 8 heteroatoms. The molecule has 15 heavy (non-hydrogen) atoms. The van der Waals surface area contributed by atoms with Gasteiger partial charge in [0.15, 0.2) is 0 Å². The van der Waals surface area contributed by atoms with E-state index in [0.717, 1.165) is 18.2 Å². The molecule has 0 unspecified atom stereocenters. The fourth-order valence-corrected chi connectivity index (χ4v) is 1.07. The van der Waals surface area contributed by atoms with E-state index >= 15 is 0 Å². The number of ether oxygens (including phenoxy) is 1. The highest BCUT2D eigenvalue weighted by atomic mass is 35.5. The Hall–Kier alpha value is -1.50. The van der Waals surface area contributed by atoms with Gasteiger partial charge in [-0.3, -0.25) is 10.1 Å². The standard InChI is InChI=1S/C7H3ClF3NO3/c8-4-2-1-3-5(12(13)14)6(4)15-7(9,10)11/h1-3H. The fraction of sp³-hybridized carbons (Fsp3) is 0.143. The van der Waals surface area contributed by atoms with Crippen LogP contribution in [-0.4, -0.2) is 11.3 Å². The highest BCUT2D eigenvalue weighted by Crippen LogP contribution is 2.37. The number of hydrogen-bond acceptors (Lipinski definition) is 3. The quantitative estimate of drug-likeness (QED) is 0.590. The van der Waals surface area contributed by atoms with Crippen LogP contribution in [0.1, 0.15) is 0 Å². The highest BCUT2D eigenvalue weighted by molar-refractivity contribution is 6.32. The normalized spacial score (nSPS) is 11.2. The minimum Gasteiger partial charge on any atom is -0.397 e. The summed E-state index contributed by atoms with van der Waals surface area (Å²) in [4.78, 5) is 9.35. The monoisotopic (exact) mass is 241 g/mol. The van der Waals surface area contributed by atoms with Gasteiger partial charge in [0.1, 0.15) is 0 Å². The largest absolute Gasteiger partial charge is 0.573 e. The minimum absolute atomic E-state index is 0.471. The van der Waals surface area contributed by atoms with E-state index in [-0.39, 0.29) is 0 Å². The van der Waals surface area contributed by atoms with Crippen LogP contribution >= 0.6 is 11.6 Å². The molecule has 0 aliphatic carbocycles. The Labute approximate surface area is 86.4 Å². The van der Waals surface area contributed by atoms with Gasteiger partial charge in [-0.25, -0.2) is 0 Å². The Morgan fingerprint density at radius 3 is 2.47 bits per heavy atom. The van der Waals surface area contributed by atoms with Crippen molar-refractivity contribution in [1.29, 1.82) is 0 Å². The zero-order valence-electron chi connectivity index (χ0n) is 6.92. The van der Waals surface area contributed by atoms with Crippen molar-refractivity contribution in [2.24, 2.45) is 0 Å². The van der Waals surface area contributed by atoms with Crippen LogP contribution in [0.2, 0.25) is 5.02 Å². The lowest BCUT2D eigenvalue weighted by Crippen LogP contribution is -2.18. The molecule has 0 fully saturated rings. The van der Waals surface area contributed by atoms with Gasteiger partial charge >= 0.3 is 12.0 Å². The number of para-hydroxylation sites is 1. The molecule has 0 aromatic heterocycles. The summed E-state index contributed by atoms with van der Waals surface area (Å²) in [7, 11) is 0. The maximum atomic E-state index is 11.9. The van der Waals surface area contributed by atoms with Crippen LogP contribution in [0.4, 0.5) is 18.9 Å². The van der Waals surface area contributed by atoms with Crippen LogP contribution in [0.25, 0.3) is 0 Å². The lowest BCUT2D eigenvalue weighted by atomic mass is 10.3. The Kier molecular flexibility index (Phi) is 3.04. The summed E-state index contributed by atoms with van der Waals surface area (Å²) in [6.45, 7) is 0. The fourth-order valence-electron chi connectivity index (χ4n) is 0.858. The summed E-state index contributed by atoms with van der Waals surface area (Å²) < 4.78 is 39.0. The Bertz CT molecular complexity index is 394. The second kappa shape index (κ2) is 3.93. The van der Waals surface area contributed by atoms with Crippen LogP contribution < -0.4 is 4.74 Å². The molecule has 0 radical (unpaired) electrons. The first-order valence-corrected chi connectivity index (χ1v) is 3.87. The molecule has 0 aliphatic rings. The lowest BCUT2D eigenvalue weighted by Gasteiger charge is -2.09. The first-order chi connectivity index (χ1) is 6.81. The SMILES string of the molecule is O=[N+]([O-])c1cccc(Cl)c1OC(F)(F)F. The van der Waals surface area contributed by atoms with Crippen molar-refractivity contribution in [2.45, 2.75) is 6.36 Å². The predicted molar refractivity (Wildman–Crippen MR) is 44.8 cm³/mol. The van der Waals surface area contributed by atoms with Gasteiger partial charge in [0.05, 0.1) is 9.95 Å². The van der Waals surface area contributed by atoms with Crippen LogP contribution in [0, 0.1) is 10.1 Å². The molecule has 0 aliphatic heterocycles. The van der Waals surface area contributed by atoms with Gasteiger partial charge in [0.25, 0.3) is 0 Å². The molecule has 1 rings (SSSR count). The second-order valence-electron chi connectivity index (χ2n) is 2.39. The summed E-state index contributed by atoms with van der Waals surface area (Å²) in [5.41, 5.74) is -0.833. The van der Waals surface area contributed by atoms with E-state index in [0.29, 0.717) is 0 Å². The van der Waals surface area contributed by atoms with Gasteiger partial charge in [-0.2, -0.15) is 0 Å². The van der Waals surface area contributed by atoms with E-state index in [2.05, 4.69) is 4.74 Å².